The molecule has 5 nitrogen and oxygen atoms in total. The second-order valence-electron chi connectivity index (χ2n) is 4.33. The van der Waals surface area contributed by atoms with Crippen LogP contribution in [0.3, 0.4) is 0 Å². The van der Waals surface area contributed by atoms with Crippen molar-refractivity contribution in [3.05, 3.63) is 17.7 Å². The first-order valence-corrected chi connectivity index (χ1v) is 7.90. The zero-order chi connectivity index (χ0) is 15.8. The summed E-state index contributed by atoms with van der Waals surface area (Å²) in [6.45, 7) is 3.29. The van der Waals surface area contributed by atoms with E-state index in [-0.39, 0.29) is 5.91 Å². The highest BCUT2D eigenvalue weighted by atomic mass is 79.9. The Balaban J connectivity index is 3.17. The summed E-state index contributed by atoms with van der Waals surface area (Å²) in [6, 6.07) is 3.33. The Bertz CT molecular complexity index is 479. The molecule has 0 bridgehead atoms. The van der Waals surface area contributed by atoms with Crippen LogP contribution >= 0.6 is 15.9 Å². The molecule has 0 aliphatic heterocycles. The Morgan fingerprint density at radius 3 is 2.14 bits per heavy atom. The van der Waals surface area contributed by atoms with E-state index in [1.807, 2.05) is 6.92 Å². The van der Waals surface area contributed by atoms with E-state index >= 15 is 0 Å². The van der Waals surface area contributed by atoms with Crippen molar-refractivity contribution in [1.82, 2.24) is 4.90 Å². The van der Waals surface area contributed by atoms with Crippen LogP contribution in [0.1, 0.15) is 23.7 Å². The van der Waals surface area contributed by atoms with Crippen molar-refractivity contribution >= 4 is 21.8 Å². The third kappa shape index (κ3) is 4.27. The van der Waals surface area contributed by atoms with Gasteiger partial charge in [0.2, 0.25) is 0 Å². The molecular formula is C15H22BrNO4. The number of halogens is 1. The van der Waals surface area contributed by atoms with E-state index in [1.165, 1.54) is 7.11 Å². The Labute approximate surface area is 134 Å². The summed E-state index contributed by atoms with van der Waals surface area (Å²) in [5.74, 6) is 1.46. The topological polar surface area (TPSA) is 48.0 Å². The van der Waals surface area contributed by atoms with Gasteiger partial charge in [-0.1, -0.05) is 15.9 Å². The summed E-state index contributed by atoms with van der Waals surface area (Å²) in [4.78, 5) is 14.4. The molecule has 1 amide bonds. The van der Waals surface area contributed by atoms with Crippen molar-refractivity contribution < 1.29 is 19.0 Å². The minimum Gasteiger partial charge on any atom is -0.496 e. The molecule has 0 saturated carbocycles. The number of benzene rings is 1. The van der Waals surface area contributed by atoms with Crippen LogP contribution in [0.5, 0.6) is 17.2 Å². The predicted molar refractivity (Wildman–Crippen MR) is 86.1 cm³/mol. The van der Waals surface area contributed by atoms with E-state index in [2.05, 4.69) is 15.9 Å². The molecule has 0 aliphatic rings. The van der Waals surface area contributed by atoms with Crippen LogP contribution in [0.25, 0.3) is 0 Å². The third-order valence-electron chi connectivity index (χ3n) is 3.17. The first-order chi connectivity index (χ1) is 10.1. The van der Waals surface area contributed by atoms with Gasteiger partial charge in [0.05, 0.1) is 26.9 Å². The maximum absolute atomic E-state index is 12.7. The minimum atomic E-state index is -0.0729. The molecule has 0 unspecified atom stereocenters. The summed E-state index contributed by atoms with van der Waals surface area (Å²) in [7, 11) is 4.63. The van der Waals surface area contributed by atoms with Crippen LogP contribution in [0.4, 0.5) is 0 Å². The van der Waals surface area contributed by atoms with Gasteiger partial charge < -0.3 is 19.1 Å². The SMILES string of the molecule is CCN(CCCBr)C(=O)c1cc(OC)c(OC)cc1OC. The predicted octanol–water partition coefficient (Wildman–Crippen LogP) is 2.96. The molecule has 0 aromatic heterocycles. The second kappa shape index (κ2) is 8.77. The van der Waals surface area contributed by atoms with E-state index in [0.717, 1.165) is 11.8 Å². The number of amides is 1. The Morgan fingerprint density at radius 2 is 1.67 bits per heavy atom. The van der Waals surface area contributed by atoms with Crippen molar-refractivity contribution in [1.29, 1.82) is 0 Å². The number of alkyl halides is 1. The van der Waals surface area contributed by atoms with Gasteiger partial charge in [-0.15, -0.1) is 0 Å². The molecule has 0 fully saturated rings. The summed E-state index contributed by atoms with van der Waals surface area (Å²) < 4.78 is 15.8. The Kier molecular flexibility index (Phi) is 7.36. The number of ether oxygens (including phenoxy) is 3. The molecular weight excluding hydrogens is 338 g/mol. The van der Waals surface area contributed by atoms with Gasteiger partial charge >= 0.3 is 0 Å². The van der Waals surface area contributed by atoms with E-state index in [1.54, 1.807) is 31.3 Å². The fourth-order valence-electron chi connectivity index (χ4n) is 2.02. The standard InChI is InChI=1S/C15H22BrNO4/c1-5-17(8-6-7-16)15(18)11-9-13(20-3)14(21-4)10-12(11)19-2/h9-10H,5-8H2,1-4H3. The Morgan fingerprint density at radius 1 is 1.10 bits per heavy atom. The van der Waals surface area contributed by atoms with Crippen molar-refractivity contribution in [3.63, 3.8) is 0 Å². The molecule has 21 heavy (non-hydrogen) atoms. The molecule has 0 spiro atoms. The van der Waals surface area contributed by atoms with Crippen LogP contribution in [0.15, 0.2) is 12.1 Å². The van der Waals surface area contributed by atoms with Gasteiger partial charge in [0.25, 0.3) is 5.91 Å². The first-order valence-electron chi connectivity index (χ1n) is 6.78. The van der Waals surface area contributed by atoms with Crippen molar-refractivity contribution in [3.8, 4) is 17.2 Å². The number of hydrogen-bond acceptors (Lipinski definition) is 4. The van der Waals surface area contributed by atoms with Gasteiger partial charge in [-0.25, -0.2) is 0 Å². The van der Waals surface area contributed by atoms with Crippen LogP contribution in [0, 0.1) is 0 Å². The quantitative estimate of drug-likeness (QED) is 0.669. The van der Waals surface area contributed by atoms with Gasteiger partial charge in [-0.3, -0.25) is 4.79 Å². The fourth-order valence-corrected chi connectivity index (χ4v) is 2.27. The highest BCUT2D eigenvalue weighted by Gasteiger charge is 2.21. The zero-order valence-corrected chi connectivity index (χ0v) is 14.5. The minimum absolute atomic E-state index is 0.0729. The molecule has 118 valence electrons. The normalized spacial score (nSPS) is 10.1. The molecule has 1 aromatic rings. The number of rotatable bonds is 8. The monoisotopic (exact) mass is 359 g/mol. The fraction of sp³-hybridized carbons (Fsp3) is 0.533. The third-order valence-corrected chi connectivity index (χ3v) is 3.73. The average molecular weight is 360 g/mol. The van der Waals surface area contributed by atoms with E-state index in [9.17, 15) is 4.79 Å². The van der Waals surface area contributed by atoms with Gasteiger partial charge in [0.1, 0.15) is 5.75 Å². The van der Waals surface area contributed by atoms with Crippen LogP contribution in [-0.2, 0) is 0 Å². The second-order valence-corrected chi connectivity index (χ2v) is 5.13. The smallest absolute Gasteiger partial charge is 0.257 e. The number of nitrogens with zero attached hydrogens (tertiary/aromatic N) is 1. The molecule has 1 aromatic carbocycles. The molecule has 0 N–H and O–H groups in total. The molecule has 0 aliphatic carbocycles. The summed E-state index contributed by atoms with van der Waals surface area (Å²) in [6.07, 6.45) is 0.898. The lowest BCUT2D eigenvalue weighted by Crippen LogP contribution is -2.32. The van der Waals surface area contributed by atoms with Gasteiger partial charge in [-0.05, 0) is 13.3 Å². The molecule has 1 rings (SSSR count). The zero-order valence-electron chi connectivity index (χ0n) is 12.9. The van der Waals surface area contributed by atoms with Gasteiger partial charge in [-0.2, -0.15) is 0 Å². The molecule has 0 atom stereocenters. The summed E-state index contributed by atoms with van der Waals surface area (Å²) >= 11 is 3.38. The highest BCUT2D eigenvalue weighted by molar-refractivity contribution is 9.09. The van der Waals surface area contributed by atoms with Gasteiger partial charge in [0, 0.05) is 30.6 Å². The number of carbonyl (C=O) groups excluding carboxylic acids is 1. The van der Waals surface area contributed by atoms with Crippen LogP contribution < -0.4 is 14.2 Å². The van der Waals surface area contributed by atoms with Crippen LogP contribution in [0.2, 0.25) is 0 Å². The lowest BCUT2D eigenvalue weighted by Gasteiger charge is -2.22. The lowest BCUT2D eigenvalue weighted by molar-refractivity contribution is 0.0761. The Hall–Kier alpha value is -1.43. The molecule has 0 saturated heterocycles. The average Bonchev–Trinajstić information content (AvgIpc) is 2.53. The first kappa shape index (κ1) is 17.6. The van der Waals surface area contributed by atoms with E-state index in [4.69, 9.17) is 14.2 Å². The van der Waals surface area contributed by atoms with E-state index < -0.39 is 0 Å². The largest absolute Gasteiger partial charge is 0.496 e. The maximum atomic E-state index is 12.7. The van der Waals surface area contributed by atoms with Gasteiger partial charge in [0.15, 0.2) is 11.5 Å². The van der Waals surface area contributed by atoms with Crippen molar-refractivity contribution in [2.75, 3.05) is 39.7 Å². The van der Waals surface area contributed by atoms with Crippen molar-refractivity contribution in [2.45, 2.75) is 13.3 Å². The molecule has 6 heteroatoms. The summed E-state index contributed by atoms with van der Waals surface area (Å²) in [5.41, 5.74) is 0.478. The molecule has 0 radical (unpaired) electrons. The number of carbonyl (C=O) groups is 1. The van der Waals surface area contributed by atoms with E-state index in [0.29, 0.717) is 35.9 Å². The number of hydrogen-bond donors (Lipinski definition) is 0. The lowest BCUT2D eigenvalue weighted by atomic mass is 10.1. The molecule has 0 heterocycles. The summed E-state index contributed by atoms with van der Waals surface area (Å²) in [5, 5.41) is 0.861. The number of methoxy groups -OCH3 is 3. The van der Waals surface area contributed by atoms with Crippen LogP contribution in [-0.4, -0.2) is 50.6 Å². The highest BCUT2D eigenvalue weighted by Crippen LogP contribution is 2.35. The maximum Gasteiger partial charge on any atom is 0.257 e. The van der Waals surface area contributed by atoms with Crippen molar-refractivity contribution in [2.24, 2.45) is 0 Å².